The molecule has 0 unspecified atom stereocenters. The highest BCUT2D eigenvalue weighted by Crippen LogP contribution is 2.23. The molecule has 0 aromatic heterocycles. The topological polar surface area (TPSA) is 59.0 Å². The second-order valence-corrected chi connectivity index (χ2v) is 5.58. The number of morpholine rings is 1. The van der Waals surface area contributed by atoms with Gasteiger partial charge in [-0.1, -0.05) is 0 Å². The van der Waals surface area contributed by atoms with E-state index in [-0.39, 0.29) is 19.0 Å². The summed E-state index contributed by atoms with van der Waals surface area (Å²) in [6, 6.07) is 7.07. The molecule has 1 aromatic rings. The maximum absolute atomic E-state index is 12.7. The van der Waals surface area contributed by atoms with Gasteiger partial charge in [-0.15, -0.1) is 0 Å². The average molecular weight is 293 g/mol. The molecule has 1 fully saturated rings. The number of nitrogens with zero attached hydrogens (tertiary/aromatic N) is 1. The van der Waals surface area contributed by atoms with Crippen molar-refractivity contribution in [2.45, 2.75) is 19.4 Å². The molecule has 0 amide bonds. The summed E-state index contributed by atoms with van der Waals surface area (Å²) >= 11 is 0. The Hall–Kier alpha value is -1.43. The van der Waals surface area contributed by atoms with E-state index in [1.54, 1.807) is 24.3 Å². The number of benzene rings is 1. The third-order valence-electron chi connectivity index (χ3n) is 3.83. The maximum Gasteiger partial charge on any atom is 0.182 e. The fourth-order valence-electron chi connectivity index (χ4n) is 2.49. The minimum absolute atomic E-state index is 0.0231. The van der Waals surface area contributed by atoms with Crippen molar-refractivity contribution in [2.75, 3.05) is 39.5 Å². The largest absolute Gasteiger partial charge is 0.491 e. The van der Waals surface area contributed by atoms with E-state index in [9.17, 15) is 4.79 Å². The van der Waals surface area contributed by atoms with Crippen molar-refractivity contribution in [3.8, 4) is 5.75 Å². The highest BCUT2D eigenvalue weighted by atomic mass is 16.5. The molecule has 1 aliphatic heterocycles. The fraction of sp³-hybridized carbons (Fsp3) is 0.562. The molecule has 1 aliphatic rings. The zero-order valence-corrected chi connectivity index (χ0v) is 12.7. The zero-order chi connectivity index (χ0) is 15.3. The lowest BCUT2D eigenvalue weighted by atomic mass is 9.91. The molecule has 1 saturated heterocycles. The molecule has 1 aromatic carbocycles. The lowest BCUT2D eigenvalue weighted by Gasteiger charge is -2.39. The molecule has 5 heteroatoms. The predicted molar refractivity (Wildman–Crippen MR) is 79.8 cm³/mol. The molecule has 1 heterocycles. The molecule has 21 heavy (non-hydrogen) atoms. The average Bonchev–Trinajstić information content (AvgIpc) is 2.53. The Bertz CT molecular complexity index is 464. The van der Waals surface area contributed by atoms with Crippen LogP contribution in [-0.4, -0.2) is 60.8 Å². The van der Waals surface area contributed by atoms with Crippen LogP contribution in [-0.2, 0) is 4.74 Å². The first-order valence-electron chi connectivity index (χ1n) is 7.27. The third-order valence-corrected chi connectivity index (χ3v) is 3.83. The Morgan fingerprint density at radius 1 is 1.29 bits per heavy atom. The minimum atomic E-state index is -0.544. The van der Waals surface area contributed by atoms with Gasteiger partial charge in [0.25, 0.3) is 0 Å². The molecule has 0 spiro atoms. The van der Waals surface area contributed by atoms with Crippen molar-refractivity contribution in [3.05, 3.63) is 29.8 Å². The lowest BCUT2D eigenvalue weighted by Crippen LogP contribution is -2.54. The number of ketones is 1. The van der Waals surface area contributed by atoms with Gasteiger partial charge in [0.2, 0.25) is 0 Å². The van der Waals surface area contributed by atoms with Gasteiger partial charge >= 0.3 is 0 Å². The van der Waals surface area contributed by atoms with Gasteiger partial charge in [0.15, 0.2) is 5.78 Å². The standard InChI is InChI=1S/C16H23NO4/c1-16(2,17-7-10-20-11-8-17)15(19)13-3-5-14(6-4-13)21-12-9-18/h3-6,18H,7-12H2,1-2H3. The first-order chi connectivity index (χ1) is 10.1. The first-order valence-corrected chi connectivity index (χ1v) is 7.27. The summed E-state index contributed by atoms with van der Waals surface area (Å²) in [7, 11) is 0. The van der Waals surface area contributed by atoms with Crippen LogP contribution in [0.3, 0.4) is 0 Å². The molecular weight excluding hydrogens is 270 g/mol. The molecule has 2 rings (SSSR count). The Labute approximate surface area is 125 Å². The second-order valence-electron chi connectivity index (χ2n) is 5.58. The van der Waals surface area contributed by atoms with Crippen LogP contribution in [0.15, 0.2) is 24.3 Å². The number of hydrogen-bond donors (Lipinski definition) is 1. The molecule has 5 nitrogen and oxygen atoms in total. The molecule has 0 aliphatic carbocycles. The molecule has 116 valence electrons. The predicted octanol–water partition coefficient (Wildman–Crippen LogP) is 1.35. The van der Waals surface area contributed by atoms with Crippen LogP contribution < -0.4 is 4.74 Å². The number of Topliss-reactive ketones (excluding diaryl/α,β-unsaturated/α-hetero) is 1. The van der Waals surface area contributed by atoms with E-state index >= 15 is 0 Å². The van der Waals surface area contributed by atoms with Gasteiger partial charge in [0, 0.05) is 18.7 Å². The Balaban J connectivity index is 2.07. The quantitative estimate of drug-likeness (QED) is 0.802. The van der Waals surface area contributed by atoms with E-state index in [1.165, 1.54) is 0 Å². The molecule has 0 saturated carbocycles. The minimum Gasteiger partial charge on any atom is -0.491 e. The van der Waals surface area contributed by atoms with Gasteiger partial charge in [0.05, 0.1) is 25.4 Å². The zero-order valence-electron chi connectivity index (χ0n) is 12.7. The van der Waals surface area contributed by atoms with Crippen LogP contribution in [0, 0.1) is 0 Å². The van der Waals surface area contributed by atoms with Crippen LogP contribution in [0.2, 0.25) is 0 Å². The van der Waals surface area contributed by atoms with Gasteiger partial charge in [-0.3, -0.25) is 9.69 Å². The van der Waals surface area contributed by atoms with Crippen molar-refractivity contribution in [2.24, 2.45) is 0 Å². The van der Waals surface area contributed by atoms with Crippen molar-refractivity contribution >= 4 is 5.78 Å². The lowest BCUT2D eigenvalue weighted by molar-refractivity contribution is -0.00430. The van der Waals surface area contributed by atoms with Crippen LogP contribution in [0.5, 0.6) is 5.75 Å². The van der Waals surface area contributed by atoms with Gasteiger partial charge in [-0.05, 0) is 38.1 Å². The fourth-order valence-corrected chi connectivity index (χ4v) is 2.49. The van der Waals surface area contributed by atoms with E-state index in [2.05, 4.69) is 4.90 Å². The van der Waals surface area contributed by atoms with E-state index in [0.717, 1.165) is 13.1 Å². The van der Waals surface area contributed by atoms with Crippen LogP contribution in [0.25, 0.3) is 0 Å². The van der Waals surface area contributed by atoms with Crippen LogP contribution >= 0.6 is 0 Å². The van der Waals surface area contributed by atoms with Crippen molar-refractivity contribution < 1.29 is 19.4 Å². The summed E-state index contributed by atoms with van der Waals surface area (Å²) in [4.78, 5) is 14.9. The second kappa shape index (κ2) is 7.02. The van der Waals surface area contributed by atoms with E-state index in [1.807, 2.05) is 13.8 Å². The van der Waals surface area contributed by atoms with E-state index in [4.69, 9.17) is 14.6 Å². The summed E-state index contributed by atoms with van der Waals surface area (Å²) in [6.07, 6.45) is 0. The Kier molecular flexibility index (Phi) is 5.33. The van der Waals surface area contributed by atoms with Gasteiger partial charge in [-0.2, -0.15) is 0 Å². The normalized spacial score (nSPS) is 16.7. The Morgan fingerprint density at radius 3 is 2.48 bits per heavy atom. The summed E-state index contributed by atoms with van der Waals surface area (Å²) in [5, 5.41) is 8.73. The Morgan fingerprint density at radius 2 is 1.90 bits per heavy atom. The molecule has 0 bridgehead atoms. The van der Waals surface area contributed by atoms with E-state index < -0.39 is 5.54 Å². The van der Waals surface area contributed by atoms with Crippen LogP contribution in [0.4, 0.5) is 0 Å². The van der Waals surface area contributed by atoms with E-state index in [0.29, 0.717) is 24.5 Å². The van der Waals surface area contributed by atoms with Gasteiger partial charge < -0.3 is 14.6 Å². The molecule has 0 atom stereocenters. The number of rotatable bonds is 6. The maximum atomic E-state index is 12.7. The van der Waals surface area contributed by atoms with Crippen molar-refractivity contribution in [1.29, 1.82) is 0 Å². The summed E-state index contributed by atoms with van der Waals surface area (Å²) in [5.41, 5.74) is 0.125. The number of aliphatic hydroxyl groups is 1. The van der Waals surface area contributed by atoms with Gasteiger partial charge in [0.1, 0.15) is 12.4 Å². The summed E-state index contributed by atoms with van der Waals surface area (Å²) in [6.45, 7) is 7.03. The molecular formula is C16H23NO4. The summed E-state index contributed by atoms with van der Waals surface area (Å²) < 4.78 is 10.6. The molecule has 0 radical (unpaired) electrons. The number of carbonyl (C=O) groups is 1. The number of ether oxygens (including phenoxy) is 2. The number of carbonyl (C=O) groups excluding carboxylic acids is 1. The first kappa shape index (κ1) is 15.9. The van der Waals surface area contributed by atoms with Gasteiger partial charge in [-0.25, -0.2) is 0 Å². The summed E-state index contributed by atoms with van der Waals surface area (Å²) in [5.74, 6) is 0.753. The number of aliphatic hydroxyl groups excluding tert-OH is 1. The van der Waals surface area contributed by atoms with Crippen LogP contribution in [0.1, 0.15) is 24.2 Å². The SMILES string of the molecule is CC(C)(C(=O)c1ccc(OCCO)cc1)N1CCOCC1. The smallest absolute Gasteiger partial charge is 0.182 e. The molecule has 1 N–H and O–H groups in total. The van der Waals surface area contributed by atoms with Crippen molar-refractivity contribution in [1.82, 2.24) is 4.90 Å². The third kappa shape index (κ3) is 3.81. The highest BCUT2D eigenvalue weighted by Gasteiger charge is 2.35. The monoisotopic (exact) mass is 293 g/mol. The number of hydrogen-bond acceptors (Lipinski definition) is 5. The highest BCUT2D eigenvalue weighted by molar-refractivity contribution is 6.02. The van der Waals surface area contributed by atoms with Crippen molar-refractivity contribution in [3.63, 3.8) is 0 Å².